The van der Waals surface area contributed by atoms with Crippen molar-refractivity contribution in [3.05, 3.63) is 0 Å². The first kappa shape index (κ1) is 11.8. The molecule has 1 N–H and O–H groups in total. The summed E-state index contributed by atoms with van der Waals surface area (Å²) in [6, 6.07) is -0.0750. The number of morpholine rings is 1. The van der Waals surface area contributed by atoms with Gasteiger partial charge in [0.15, 0.2) is 0 Å². The van der Waals surface area contributed by atoms with Crippen molar-refractivity contribution in [3.8, 4) is 0 Å². The average molecular weight is 228 g/mol. The van der Waals surface area contributed by atoms with Crippen molar-refractivity contribution in [2.45, 2.75) is 24.9 Å². The normalized spacial score (nSPS) is 33.8. The van der Waals surface area contributed by atoms with Gasteiger partial charge in [-0.1, -0.05) is 0 Å². The number of ether oxygens (including phenoxy) is 1. The molecule has 0 bridgehead atoms. The van der Waals surface area contributed by atoms with Crippen LogP contribution in [0.1, 0.15) is 12.8 Å². The second kappa shape index (κ2) is 5.12. The number of aliphatic carboxylic acids is 1. The largest absolute Gasteiger partial charge is 0.480 e. The van der Waals surface area contributed by atoms with E-state index in [1.54, 1.807) is 0 Å². The molecule has 2 saturated heterocycles. The highest BCUT2D eigenvalue weighted by Gasteiger charge is 2.35. The molecule has 2 aliphatic rings. The van der Waals surface area contributed by atoms with E-state index >= 15 is 0 Å². The fraction of sp³-hybridized carbons (Fsp3) is 0.909. The third kappa shape index (κ3) is 2.53. The van der Waals surface area contributed by atoms with Crippen LogP contribution in [-0.4, -0.2) is 72.9 Å². The number of nitrogens with zero attached hydrogens (tertiary/aromatic N) is 2. The summed E-state index contributed by atoms with van der Waals surface area (Å²) >= 11 is 0. The van der Waals surface area contributed by atoms with E-state index in [9.17, 15) is 4.79 Å². The summed E-state index contributed by atoms with van der Waals surface area (Å²) in [5.74, 6) is -0.757. The van der Waals surface area contributed by atoms with Crippen LogP contribution in [-0.2, 0) is 9.53 Å². The smallest absolute Gasteiger partial charge is 0.323 e. The van der Waals surface area contributed by atoms with Gasteiger partial charge in [-0.2, -0.15) is 0 Å². The molecule has 5 nitrogen and oxygen atoms in total. The molecule has 0 amide bonds. The molecule has 0 aromatic rings. The van der Waals surface area contributed by atoms with Gasteiger partial charge in [0.2, 0.25) is 0 Å². The van der Waals surface area contributed by atoms with Gasteiger partial charge in [-0.3, -0.25) is 9.69 Å². The van der Waals surface area contributed by atoms with Crippen LogP contribution in [0.4, 0.5) is 0 Å². The van der Waals surface area contributed by atoms with Crippen molar-refractivity contribution in [2.24, 2.45) is 0 Å². The fourth-order valence-corrected chi connectivity index (χ4v) is 2.68. The number of carboxylic acid groups (broad SMARTS) is 1. The predicted molar refractivity (Wildman–Crippen MR) is 59.5 cm³/mol. The van der Waals surface area contributed by atoms with Crippen molar-refractivity contribution in [2.75, 3.05) is 39.9 Å². The topological polar surface area (TPSA) is 53.0 Å². The summed E-state index contributed by atoms with van der Waals surface area (Å²) in [6.45, 7) is 3.83. The number of piperidine rings is 1. The van der Waals surface area contributed by atoms with Crippen molar-refractivity contribution in [1.29, 1.82) is 0 Å². The van der Waals surface area contributed by atoms with Gasteiger partial charge in [0, 0.05) is 19.1 Å². The summed E-state index contributed by atoms with van der Waals surface area (Å²) in [6.07, 6.45) is 2.26. The molecule has 16 heavy (non-hydrogen) atoms. The zero-order chi connectivity index (χ0) is 11.5. The maximum atomic E-state index is 11.2. The lowest BCUT2D eigenvalue weighted by atomic mass is 10.0. The zero-order valence-corrected chi connectivity index (χ0v) is 9.76. The molecule has 0 spiro atoms. The molecule has 0 aromatic heterocycles. The van der Waals surface area contributed by atoms with Crippen molar-refractivity contribution < 1.29 is 14.6 Å². The van der Waals surface area contributed by atoms with Gasteiger partial charge in [0.05, 0.1) is 13.2 Å². The van der Waals surface area contributed by atoms with Crippen molar-refractivity contribution in [1.82, 2.24) is 9.80 Å². The Kier molecular flexibility index (Phi) is 3.78. The van der Waals surface area contributed by atoms with Crippen molar-refractivity contribution >= 4 is 5.97 Å². The number of hydrogen-bond donors (Lipinski definition) is 1. The number of carboxylic acids is 1. The van der Waals surface area contributed by atoms with E-state index in [0.717, 1.165) is 32.5 Å². The van der Waals surface area contributed by atoms with Crippen LogP contribution in [0.25, 0.3) is 0 Å². The molecular formula is C11H20N2O3. The molecule has 0 aromatic carbocycles. The van der Waals surface area contributed by atoms with Gasteiger partial charge in [0.1, 0.15) is 6.04 Å². The van der Waals surface area contributed by atoms with Crippen LogP contribution in [0.15, 0.2) is 0 Å². The van der Waals surface area contributed by atoms with Crippen LogP contribution < -0.4 is 0 Å². The number of hydrogen-bond acceptors (Lipinski definition) is 4. The Hall–Kier alpha value is -0.650. The summed E-state index contributed by atoms with van der Waals surface area (Å²) in [5.41, 5.74) is 0. The molecule has 2 fully saturated rings. The van der Waals surface area contributed by atoms with Gasteiger partial charge in [-0.25, -0.2) is 0 Å². The number of carbonyl (C=O) groups is 1. The summed E-state index contributed by atoms with van der Waals surface area (Å²) in [5, 5.41) is 9.17. The van der Waals surface area contributed by atoms with E-state index in [1.807, 2.05) is 0 Å². The summed E-state index contributed by atoms with van der Waals surface area (Å²) < 4.78 is 5.26. The maximum absolute atomic E-state index is 11.2. The summed E-state index contributed by atoms with van der Waals surface area (Å²) in [4.78, 5) is 15.5. The van der Waals surface area contributed by atoms with Crippen LogP contribution in [0.2, 0.25) is 0 Å². The van der Waals surface area contributed by atoms with Crippen LogP contribution >= 0.6 is 0 Å². The fourth-order valence-electron chi connectivity index (χ4n) is 2.68. The van der Waals surface area contributed by atoms with Gasteiger partial charge in [-0.05, 0) is 26.4 Å². The quantitative estimate of drug-likeness (QED) is 0.713. The molecule has 2 rings (SSSR count). The molecule has 2 heterocycles. The first-order valence-corrected chi connectivity index (χ1v) is 5.93. The maximum Gasteiger partial charge on any atom is 0.323 e. The Labute approximate surface area is 96.0 Å². The minimum atomic E-state index is -0.757. The highest BCUT2D eigenvalue weighted by atomic mass is 16.5. The second-order valence-corrected chi connectivity index (χ2v) is 4.73. The van der Waals surface area contributed by atoms with Gasteiger partial charge in [0.25, 0.3) is 0 Å². The summed E-state index contributed by atoms with van der Waals surface area (Å²) in [7, 11) is 2.10. The molecule has 2 unspecified atom stereocenters. The van der Waals surface area contributed by atoms with Crippen LogP contribution in [0, 0.1) is 0 Å². The Morgan fingerprint density at radius 2 is 2.25 bits per heavy atom. The van der Waals surface area contributed by atoms with Gasteiger partial charge < -0.3 is 14.7 Å². The third-order valence-corrected chi connectivity index (χ3v) is 3.52. The van der Waals surface area contributed by atoms with E-state index in [1.165, 1.54) is 0 Å². The monoisotopic (exact) mass is 228 g/mol. The number of rotatable bonds is 2. The van der Waals surface area contributed by atoms with Crippen molar-refractivity contribution in [3.63, 3.8) is 0 Å². The lowest BCUT2D eigenvalue weighted by Crippen LogP contribution is -2.58. The molecule has 92 valence electrons. The van der Waals surface area contributed by atoms with Crippen LogP contribution in [0.5, 0.6) is 0 Å². The van der Waals surface area contributed by atoms with E-state index in [0.29, 0.717) is 19.3 Å². The Balaban J connectivity index is 2.01. The minimum Gasteiger partial charge on any atom is -0.480 e. The number of likely N-dealkylation sites (N-methyl/N-ethyl adjacent to an activating group) is 1. The van der Waals surface area contributed by atoms with E-state index in [-0.39, 0.29) is 0 Å². The third-order valence-electron chi connectivity index (χ3n) is 3.52. The molecule has 2 aliphatic heterocycles. The zero-order valence-electron chi connectivity index (χ0n) is 9.76. The van der Waals surface area contributed by atoms with Gasteiger partial charge >= 0.3 is 5.97 Å². The van der Waals surface area contributed by atoms with Gasteiger partial charge in [-0.15, -0.1) is 0 Å². The van der Waals surface area contributed by atoms with E-state index in [4.69, 9.17) is 9.84 Å². The van der Waals surface area contributed by atoms with E-state index in [2.05, 4.69) is 16.8 Å². The Bertz CT molecular complexity index is 260. The SMILES string of the molecule is CN1CCCC(N2CCOCC2C(=O)O)C1. The lowest BCUT2D eigenvalue weighted by Gasteiger charge is -2.42. The Morgan fingerprint density at radius 1 is 1.44 bits per heavy atom. The average Bonchev–Trinajstić information content (AvgIpc) is 2.29. The molecular weight excluding hydrogens is 208 g/mol. The molecule has 0 aliphatic carbocycles. The standard InChI is InChI=1S/C11H20N2O3/c1-12-4-2-3-9(7-12)13-5-6-16-8-10(13)11(14)15/h9-10H,2-8H2,1H3,(H,14,15). The Morgan fingerprint density at radius 3 is 2.94 bits per heavy atom. The highest BCUT2D eigenvalue weighted by molar-refractivity contribution is 5.73. The molecule has 0 saturated carbocycles. The molecule has 5 heteroatoms. The highest BCUT2D eigenvalue weighted by Crippen LogP contribution is 2.19. The van der Waals surface area contributed by atoms with E-state index < -0.39 is 12.0 Å². The molecule has 0 radical (unpaired) electrons. The molecule has 2 atom stereocenters. The minimum absolute atomic E-state index is 0.329. The second-order valence-electron chi connectivity index (χ2n) is 4.73. The number of likely N-dealkylation sites (tertiary alicyclic amines) is 1. The first-order valence-electron chi connectivity index (χ1n) is 5.93. The van der Waals surface area contributed by atoms with Crippen LogP contribution in [0.3, 0.4) is 0 Å². The first-order chi connectivity index (χ1) is 7.68. The lowest BCUT2D eigenvalue weighted by molar-refractivity contribution is -0.152. The predicted octanol–water partition coefficient (Wildman–Crippen LogP) is -0.134.